The van der Waals surface area contributed by atoms with Crippen LogP contribution in [0.4, 0.5) is 5.82 Å². The number of rotatable bonds is 6. The first kappa shape index (κ1) is 16.0. The third kappa shape index (κ3) is 4.04. The van der Waals surface area contributed by atoms with Crippen LogP contribution in [-0.4, -0.2) is 54.2 Å². The molecule has 6 nitrogen and oxygen atoms in total. The van der Waals surface area contributed by atoms with E-state index in [-0.39, 0.29) is 5.15 Å². The van der Waals surface area contributed by atoms with Crippen LogP contribution in [0.15, 0.2) is 6.07 Å². The Morgan fingerprint density at radius 2 is 2.33 bits per heavy atom. The van der Waals surface area contributed by atoms with Crippen LogP contribution in [0.25, 0.3) is 0 Å². The highest BCUT2D eigenvalue weighted by Crippen LogP contribution is 2.26. The number of amides is 1. The molecule has 0 radical (unpaired) electrons. The quantitative estimate of drug-likeness (QED) is 0.859. The molecule has 1 fully saturated rings. The van der Waals surface area contributed by atoms with Crippen molar-refractivity contribution in [1.29, 1.82) is 0 Å². The minimum Gasteiger partial charge on any atom is -0.365 e. The van der Waals surface area contributed by atoms with E-state index in [2.05, 4.69) is 34.0 Å². The van der Waals surface area contributed by atoms with Gasteiger partial charge in [0.15, 0.2) is 11.0 Å². The van der Waals surface area contributed by atoms with Crippen LogP contribution in [0.5, 0.6) is 0 Å². The molecule has 1 aliphatic heterocycles. The second-order valence-corrected chi connectivity index (χ2v) is 6.02. The minimum absolute atomic E-state index is 0.186. The number of hydrogen-bond donors (Lipinski definition) is 1. The fourth-order valence-corrected chi connectivity index (χ4v) is 3.01. The highest BCUT2D eigenvalue weighted by atomic mass is 35.5. The molecule has 1 aromatic heterocycles. The molecule has 0 bridgehead atoms. The number of halogens is 1. The van der Waals surface area contributed by atoms with E-state index in [4.69, 9.17) is 17.3 Å². The average Bonchev–Trinajstić information content (AvgIpc) is 2.87. The summed E-state index contributed by atoms with van der Waals surface area (Å²) < 4.78 is 0. The first-order valence-corrected chi connectivity index (χ1v) is 7.65. The largest absolute Gasteiger partial charge is 0.365 e. The molecule has 2 N–H and O–H groups in total. The lowest BCUT2D eigenvalue weighted by Gasteiger charge is -2.22. The summed E-state index contributed by atoms with van der Waals surface area (Å²) in [4.78, 5) is 16.0. The number of carbonyl (C=O) groups is 1. The van der Waals surface area contributed by atoms with Gasteiger partial charge in [-0.2, -0.15) is 0 Å². The number of carbonyl (C=O) groups excluding carboxylic acids is 1. The fraction of sp³-hybridized carbons (Fsp3) is 0.643. The van der Waals surface area contributed by atoms with Crippen molar-refractivity contribution < 1.29 is 4.79 Å². The number of anilines is 1. The zero-order valence-corrected chi connectivity index (χ0v) is 13.3. The maximum absolute atomic E-state index is 11.5. The van der Waals surface area contributed by atoms with Gasteiger partial charge in [0.25, 0.3) is 5.91 Å². The summed E-state index contributed by atoms with van der Waals surface area (Å²) >= 11 is 5.79. The van der Waals surface area contributed by atoms with E-state index >= 15 is 0 Å². The van der Waals surface area contributed by atoms with Crippen LogP contribution < -0.4 is 10.6 Å². The van der Waals surface area contributed by atoms with Gasteiger partial charge >= 0.3 is 0 Å². The van der Waals surface area contributed by atoms with Crippen LogP contribution in [0.1, 0.15) is 30.1 Å². The summed E-state index contributed by atoms with van der Waals surface area (Å²) in [5, 5.41) is 8.08. The average molecular weight is 312 g/mol. The third-order valence-electron chi connectivity index (χ3n) is 3.77. The van der Waals surface area contributed by atoms with Gasteiger partial charge < -0.3 is 15.5 Å². The van der Waals surface area contributed by atoms with Crippen molar-refractivity contribution in [3.05, 3.63) is 16.8 Å². The van der Waals surface area contributed by atoms with E-state index < -0.39 is 5.91 Å². The van der Waals surface area contributed by atoms with E-state index in [1.54, 1.807) is 0 Å². The second kappa shape index (κ2) is 7.04. The molecule has 0 aromatic carbocycles. The summed E-state index contributed by atoms with van der Waals surface area (Å²) in [5.74, 6) is 0.598. The van der Waals surface area contributed by atoms with E-state index in [1.807, 2.05) is 0 Å². The summed E-state index contributed by atoms with van der Waals surface area (Å²) in [7, 11) is 2.14. The van der Waals surface area contributed by atoms with Gasteiger partial charge in [-0.3, -0.25) is 4.79 Å². The van der Waals surface area contributed by atoms with Crippen LogP contribution in [0.3, 0.4) is 0 Å². The molecule has 116 valence electrons. The summed E-state index contributed by atoms with van der Waals surface area (Å²) in [6, 6.07) is 1.49. The molecule has 1 amide bonds. The highest BCUT2D eigenvalue weighted by molar-refractivity contribution is 6.29. The molecule has 2 rings (SSSR count). The molecular formula is C14H22ClN5O. The molecule has 7 heteroatoms. The normalized spacial score (nSPS) is 18.5. The Morgan fingerprint density at radius 1 is 1.57 bits per heavy atom. The van der Waals surface area contributed by atoms with Crippen LogP contribution in [0.2, 0.25) is 5.15 Å². The SMILES string of the molecule is CCCN(C)CC1CCN(c2nnc(Cl)cc2C(N)=O)C1. The van der Waals surface area contributed by atoms with Crippen LogP contribution >= 0.6 is 11.6 Å². The van der Waals surface area contributed by atoms with Crippen molar-refractivity contribution in [2.75, 3.05) is 38.1 Å². The molecule has 1 aliphatic rings. The summed E-state index contributed by atoms with van der Waals surface area (Å²) in [6.45, 7) is 6.06. The van der Waals surface area contributed by atoms with E-state index in [9.17, 15) is 4.79 Å². The van der Waals surface area contributed by atoms with Gasteiger partial charge in [0.1, 0.15) is 0 Å². The Labute approximate surface area is 130 Å². The Morgan fingerprint density at radius 3 is 3.00 bits per heavy atom. The first-order valence-electron chi connectivity index (χ1n) is 7.27. The lowest BCUT2D eigenvalue weighted by atomic mass is 10.1. The zero-order valence-electron chi connectivity index (χ0n) is 12.5. The molecule has 1 unspecified atom stereocenters. The monoisotopic (exact) mass is 311 g/mol. The molecule has 0 spiro atoms. The van der Waals surface area contributed by atoms with Gasteiger partial charge in [0.05, 0.1) is 5.56 Å². The Hall–Kier alpha value is -1.40. The number of nitrogens with two attached hydrogens (primary N) is 1. The standard InChI is InChI=1S/C14H22ClN5O/c1-3-5-19(2)8-10-4-6-20(9-10)14-11(13(16)21)7-12(15)17-18-14/h7,10H,3-6,8-9H2,1-2H3,(H2,16,21). The fourth-order valence-electron chi connectivity index (χ4n) is 2.86. The topological polar surface area (TPSA) is 75.3 Å². The highest BCUT2D eigenvalue weighted by Gasteiger charge is 2.27. The predicted molar refractivity (Wildman–Crippen MR) is 83.7 cm³/mol. The van der Waals surface area contributed by atoms with Crippen molar-refractivity contribution in [2.45, 2.75) is 19.8 Å². The molecule has 1 aromatic rings. The number of primary amides is 1. The lowest BCUT2D eigenvalue weighted by Crippen LogP contribution is -2.30. The van der Waals surface area contributed by atoms with Crippen molar-refractivity contribution in [2.24, 2.45) is 11.7 Å². The van der Waals surface area contributed by atoms with Crippen molar-refractivity contribution >= 4 is 23.3 Å². The molecule has 0 aliphatic carbocycles. The van der Waals surface area contributed by atoms with E-state index in [0.717, 1.165) is 39.0 Å². The van der Waals surface area contributed by atoms with E-state index in [0.29, 0.717) is 17.3 Å². The lowest BCUT2D eigenvalue weighted by molar-refractivity contribution is 0.100. The van der Waals surface area contributed by atoms with E-state index in [1.165, 1.54) is 6.07 Å². The Balaban J connectivity index is 2.06. The molecular weight excluding hydrogens is 290 g/mol. The number of hydrogen-bond acceptors (Lipinski definition) is 5. The van der Waals surface area contributed by atoms with Gasteiger partial charge in [-0.15, -0.1) is 10.2 Å². The Kier molecular flexibility index (Phi) is 5.36. The van der Waals surface area contributed by atoms with Gasteiger partial charge in [-0.25, -0.2) is 0 Å². The first-order chi connectivity index (χ1) is 10.0. The molecule has 1 saturated heterocycles. The maximum atomic E-state index is 11.5. The number of nitrogens with zero attached hydrogens (tertiary/aromatic N) is 4. The number of aromatic nitrogens is 2. The molecule has 21 heavy (non-hydrogen) atoms. The van der Waals surface area contributed by atoms with Gasteiger partial charge in [0.2, 0.25) is 0 Å². The Bertz CT molecular complexity index is 510. The smallest absolute Gasteiger partial charge is 0.252 e. The summed E-state index contributed by atoms with van der Waals surface area (Å²) in [6.07, 6.45) is 2.23. The van der Waals surface area contributed by atoms with Gasteiger partial charge in [0, 0.05) is 19.6 Å². The van der Waals surface area contributed by atoms with Crippen LogP contribution in [0, 0.1) is 5.92 Å². The molecule has 0 saturated carbocycles. The predicted octanol–water partition coefficient (Wildman–Crippen LogP) is 1.40. The van der Waals surface area contributed by atoms with Crippen molar-refractivity contribution in [3.8, 4) is 0 Å². The van der Waals surface area contributed by atoms with Gasteiger partial charge in [-0.05, 0) is 38.4 Å². The van der Waals surface area contributed by atoms with Crippen molar-refractivity contribution in [1.82, 2.24) is 15.1 Å². The summed E-state index contributed by atoms with van der Waals surface area (Å²) in [5.41, 5.74) is 5.75. The minimum atomic E-state index is -0.520. The van der Waals surface area contributed by atoms with Crippen molar-refractivity contribution in [3.63, 3.8) is 0 Å². The third-order valence-corrected chi connectivity index (χ3v) is 3.96. The zero-order chi connectivity index (χ0) is 15.4. The maximum Gasteiger partial charge on any atom is 0.252 e. The molecule has 1 atom stereocenters. The van der Waals surface area contributed by atoms with Crippen LogP contribution in [-0.2, 0) is 0 Å². The van der Waals surface area contributed by atoms with Gasteiger partial charge in [-0.1, -0.05) is 18.5 Å². The second-order valence-electron chi connectivity index (χ2n) is 5.63. The molecule has 2 heterocycles.